The zero-order valence-corrected chi connectivity index (χ0v) is 23.6. The molecule has 0 aromatic heterocycles. The van der Waals surface area contributed by atoms with Gasteiger partial charge >= 0.3 is 0 Å². The molecule has 0 aliphatic carbocycles. The smallest absolute Gasteiger partial charge is 0.157 e. The van der Waals surface area contributed by atoms with Gasteiger partial charge in [-0.1, -0.05) is 123 Å². The van der Waals surface area contributed by atoms with E-state index in [0.29, 0.717) is 17.5 Å². The Balaban J connectivity index is 1.73. The molecule has 0 radical (unpaired) electrons. The Morgan fingerprint density at radius 1 is 0.833 bits per heavy atom. The van der Waals surface area contributed by atoms with Crippen LogP contribution in [0.4, 0.5) is 0 Å². The van der Waals surface area contributed by atoms with Crippen LogP contribution in [0.3, 0.4) is 0 Å². The fourth-order valence-corrected chi connectivity index (χ4v) is 9.25. The molecule has 3 nitrogen and oxygen atoms in total. The van der Waals surface area contributed by atoms with Gasteiger partial charge in [0.2, 0.25) is 0 Å². The van der Waals surface area contributed by atoms with Gasteiger partial charge in [-0.15, -0.1) is 0 Å². The van der Waals surface area contributed by atoms with Crippen molar-refractivity contribution in [3.8, 4) is 0 Å². The van der Waals surface area contributed by atoms with Crippen LogP contribution in [0.15, 0.2) is 91.0 Å². The first-order chi connectivity index (χ1) is 17.4. The Bertz CT molecular complexity index is 1000. The Morgan fingerprint density at radius 3 is 1.81 bits per heavy atom. The zero-order valence-electron chi connectivity index (χ0n) is 22.6. The van der Waals surface area contributed by atoms with Gasteiger partial charge < -0.3 is 9.47 Å². The van der Waals surface area contributed by atoms with Crippen molar-refractivity contribution in [1.29, 1.82) is 0 Å². The molecule has 1 fully saturated rings. The summed E-state index contributed by atoms with van der Waals surface area (Å²) in [6.45, 7) is 11.5. The molecule has 1 aliphatic heterocycles. The van der Waals surface area contributed by atoms with Crippen LogP contribution >= 0.6 is 0 Å². The largest absolute Gasteiger partial charge is 0.356 e. The summed E-state index contributed by atoms with van der Waals surface area (Å²) in [6.07, 6.45) is 2.05. The number of hydrogen-bond acceptors (Lipinski definition) is 3. The van der Waals surface area contributed by atoms with E-state index in [4.69, 9.17) is 9.47 Å². The molecule has 0 spiro atoms. The van der Waals surface area contributed by atoms with Gasteiger partial charge in [0.05, 0.1) is 14.2 Å². The first-order valence-electron chi connectivity index (χ1n) is 13.4. The van der Waals surface area contributed by atoms with Crippen LogP contribution in [0.5, 0.6) is 0 Å². The molecule has 1 aliphatic rings. The quantitative estimate of drug-likeness (QED) is 0.268. The maximum absolute atomic E-state index is 6.82. The van der Waals surface area contributed by atoms with Crippen molar-refractivity contribution in [3.05, 3.63) is 102 Å². The fourth-order valence-electron chi connectivity index (χ4n) is 5.87. The van der Waals surface area contributed by atoms with E-state index in [1.54, 1.807) is 7.11 Å². The van der Waals surface area contributed by atoms with E-state index in [1.165, 1.54) is 16.3 Å². The summed E-state index contributed by atoms with van der Waals surface area (Å²) in [6, 6.07) is 33.2. The Hall–Kier alpha value is -2.24. The van der Waals surface area contributed by atoms with Crippen molar-refractivity contribution in [2.75, 3.05) is 7.11 Å². The second-order valence-electron chi connectivity index (χ2n) is 11.3. The number of ether oxygens (including phenoxy) is 2. The van der Waals surface area contributed by atoms with Crippen LogP contribution in [0, 0.1) is 5.92 Å². The highest BCUT2D eigenvalue weighted by Gasteiger charge is 2.50. The molecule has 0 bridgehead atoms. The molecule has 36 heavy (non-hydrogen) atoms. The van der Waals surface area contributed by atoms with Crippen LogP contribution in [0.25, 0.3) is 0 Å². The normalized spacial score (nSPS) is 21.2. The first-order valence-corrected chi connectivity index (χ1v) is 16.5. The van der Waals surface area contributed by atoms with E-state index < -0.39 is 8.07 Å². The molecule has 0 amide bonds. The van der Waals surface area contributed by atoms with E-state index in [2.05, 4.69) is 123 Å². The Labute approximate surface area is 219 Å². The monoisotopic (exact) mass is 501 g/mol. The Morgan fingerprint density at radius 2 is 1.33 bits per heavy atom. The topological polar surface area (TPSA) is 21.7 Å². The number of benzene rings is 3. The summed E-state index contributed by atoms with van der Waals surface area (Å²) in [5, 5.41) is 1.50. The van der Waals surface area contributed by atoms with Crippen LogP contribution in [0.2, 0.25) is 18.6 Å². The second kappa shape index (κ2) is 12.3. The SMILES string of the molecule is CO[C@H]1CC([Si](C)(C)c2ccccc2)C([C@H](CC(C)C)N(Cc2ccccc2)Cc2ccccc2)O1. The standard InChI is InChI=1S/C32H43NO2Si/c1-25(2)21-29(33(23-26-15-9-6-10-16-26)24-27-17-11-7-12-18-27)32-30(22-31(34-3)35-32)36(4,5)28-19-13-8-14-20-28/h6-20,25,29-32H,21-24H2,1-5H3/t29-,30?,31+,32?/m0/s1. The minimum absolute atomic E-state index is 0.131. The molecule has 4 heteroatoms. The van der Waals surface area contributed by atoms with Gasteiger partial charge in [0.25, 0.3) is 0 Å². The highest BCUT2D eigenvalue weighted by molar-refractivity contribution is 6.91. The first kappa shape index (κ1) is 26.8. The van der Waals surface area contributed by atoms with Crippen molar-refractivity contribution in [2.45, 2.75) is 76.8 Å². The minimum atomic E-state index is -1.84. The zero-order chi connectivity index (χ0) is 25.5. The van der Waals surface area contributed by atoms with Crippen LogP contribution in [0.1, 0.15) is 37.8 Å². The average Bonchev–Trinajstić information content (AvgIpc) is 3.34. The predicted molar refractivity (Wildman–Crippen MR) is 153 cm³/mol. The van der Waals surface area contributed by atoms with Gasteiger partial charge in [0.15, 0.2) is 6.29 Å². The average molecular weight is 502 g/mol. The minimum Gasteiger partial charge on any atom is -0.356 e. The van der Waals surface area contributed by atoms with E-state index >= 15 is 0 Å². The highest BCUT2D eigenvalue weighted by Crippen LogP contribution is 2.43. The van der Waals surface area contributed by atoms with Crippen molar-refractivity contribution in [2.24, 2.45) is 5.92 Å². The molecule has 192 valence electrons. The van der Waals surface area contributed by atoms with E-state index in [-0.39, 0.29) is 12.4 Å². The van der Waals surface area contributed by atoms with Gasteiger partial charge in [0, 0.05) is 32.7 Å². The number of nitrogens with zero attached hydrogens (tertiary/aromatic N) is 1. The molecule has 1 heterocycles. The summed E-state index contributed by atoms with van der Waals surface area (Å²) in [5.41, 5.74) is 3.17. The highest BCUT2D eigenvalue weighted by atomic mass is 28.3. The van der Waals surface area contributed by atoms with Gasteiger partial charge in [-0.3, -0.25) is 4.90 Å². The Kier molecular flexibility index (Phi) is 9.18. The molecule has 0 N–H and O–H groups in total. The van der Waals surface area contributed by atoms with Crippen molar-refractivity contribution in [1.82, 2.24) is 4.90 Å². The summed E-state index contributed by atoms with van der Waals surface area (Å²) in [7, 11) is -0.0470. The van der Waals surface area contributed by atoms with Crippen molar-refractivity contribution < 1.29 is 9.47 Å². The third kappa shape index (κ3) is 6.54. The molecule has 3 aromatic carbocycles. The summed E-state index contributed by atoms with van der Waals surface area (Å²) < 4.78 is 12.7. The third-order valence-corrected chi connectivity index (χ3v) is 12.1. The fraction of sp³-hybridized carbons (Fsp3) is 0.438. The van der Waals surface area contributed by atoms with Gasteiger partial charge in [-0.2, -0.15) is 0 Å². The molecular formula is C32H43NO2Si. The summed E-state index contributed by atoms with van der Waals surface area (Å²) in [4.78, 5) is 2.68. The van der Waals surface area contributed by atoms with Gasteiger partial charge in [-0.05, 0) is 29.0 Å². The lowest BCUT2D eigenvalue weighted by molar-refractivity contribution is -0.134. The lowest BCUT2D eigenvalue weighted by Crippen LogP contribution is -2.54. The summed E-state index contributed by atoms with van der Waals surface area (Å²) >= 11 is 0. The third-order valence-electron chi connectivity index (χ3n) is 7.88. The van der Waals surface area contributed by atoms with E-state index in [9.17, 15) is 0 Å². The molecule has 4 rings (SSSR count). The van der Waals surface area contributed by atoms with Gasteiger partial charge in [0.1, 0.15) is 0 Å². The molecule has 4 atom stereocenters. The molecule has 2 unspecified atom stereocenters. The van der Waals surface area contributed by atoms with E-state index in [0.717, 1.165) is 25.9 Å². The van der Waals surface area contributed by atoms with Crippen LogP contribution < -0.4 is 5.19 Å². The van der Waals surface area contributed by atoms with Crippen molar-refractivity contribution in [3.63, 3.8) is 0 Å². The van der Waals surface area contributed by atoms with Gasteiger partial charge in [-0.25, -0.2) is 0 Å². The molecule has 3 aromatic rings. The van der Waals surface area contributed by atoms with Crippen molar-refractivity contribution >= 4 is 13.3 Å². The second-order valence-corrected chi connectivity index (χ2v) is 16.0. The predicted octanol–water partition coefficient (Wildman–Crippen LogP) is 6.85. The van der Waals surface area contributed by atoms with Crippen LogP contribution in [-0.4, -0.2) is 38.5 Å². The number of hydrogen-bond donors (Lipinski definition) is 0. The number of rotatable bonds is 11. The molecular weight excluding hydrogens is 458 g/mol. The lowest BCUT2D eigenvalue weighted by atomic mass is 9.94. The lowest BCUT2D eigenvalue weighted by Gasteiger charge is -2.42. The van der Waals surface area contributed by atoms with E-state index in [1.807, 2.05) is 0 Å². The number of methoxy groups -OCH3 is 1. The molecule has 1 saturated heterocycles. The summed E-state index contributed by atoms with van der Waals surface area (Å²) in [5.74, 6) is 0.566. The maximum atomic E-state index is 6.82. The maximum Gasteiger partial charge on any atom is 0.157 e. The molecule has 0 saturated carbocycles. The van der Waals surface area contributed by atoms with Crippen LogP contribution in [-0.2, 0) is 22.6 Å².